The zero-order valence-corrected chi connectivity index (χ0v) is 25.1. The molecular formula is C33H34F2N4O6. The Kier molecular flexibility index (Phi) is 10.2. The Morgan fingerprint density at radius 3 is 2.53 bits per heavy atom. The lowest BCUT2D eigenvalue weighted by Crippen LogP contribution is -2.30. The SMILES string of the molecule is CC(C)(C)OC(=O)n1c(Cn2cccc(NC(=O)CCC/C=C/C(N)=O)c2=O)cc2cccc(OCc3ccc(F)cc3F)c21. The van der Waals surface area contributed by atoms with Crippen LogP contribution in [0.25, 0.3) is 10.9 Å². The molecule has 0 radical (unpaired) electrons. The highest BCUT2D eigenvalue weighted by Crippen LogP contribution is 2.31. The largest absolute Gasteiger partial charge is 0.487 e. The summed E-state index contributed by atoms with van der Waals surface area (Å²) >= 11 is 0. The number of nitrogens with zero attached hydrogens (tertiary/aromatic N) is 2. The molecule has 0 aliphatic carbocycles. The molecule has 10 nitrogen and oxygen atoms in total. The highest BCUT2D eigenvalue weighted by molar-refractivity contribution is 5.95. The highest BCUT2D eigenvalue weighted by Gasteiger charge is 2.25. The first-order chi connectivity index (χ1) is 21.3. The van der Waals surface area contributed by atoms with Crippen molar-refractivity contribution in [3.63, 3.8) is 0 Å². The number of halogens is 2. The van der Waals surface area contributed by atoms with E-state index in [9.17, 15) is 28.0 Å². The van der Waals surface area contributed by atoms with Gasteiger partial charge in [-0.2, -0.15) is 0 Å². The fourth-order valence-corrected chi connectivity index (χ4v) is 4.55. The average Bonchev–Trinajstić information content (AvgIpc) is 3.32. The van der Waals surface area contributed by atoms with Crippen molar-refractivity contribution in [2.75, 3.05) is 5.32 Å². The number of unbranched alkanes of at least 4 members (excludes halogenated alkanes) is 1. The van der Waals surface area contributed by atoms with E-state index in [0.717, 1.165) is 12.1 Å². The third kappa shape index (κ3) is 8.65. The summed E-state index contributed by atoms with van der Waals surface area (Å²) in [4.78, 5) is 50.2. The summed E-state index contributed by atoms with van der Waals surface area (Å²) in [5.74, 6) is -2.18. The molecule has 0 atom stereocenters. The summed E-state index contributed by atoms with van der Waals surface area (Å²) in [6.07, 6.45) is 4.64. The van der Waals surface area contributed by atoms with Crippen LogP contribution in [0.4, 0.5) is 19.3 Å². The number of anilines is 1. The Morgan fingerprint density at radius 1 is 1.04 bits per heavy atom. The van der Waals surface area contributed by atoms with Crippen molar-refractivity contribution in [1.82, 2.24) is 9.13 Å². The third-order valence-corrected chi connectivity index (χ3v) is 6.52. The molecule has 0 aliphatic heterocycles. The number of hydrogen-bond donors (Lipinski definition) is 2. The van der Waals surface area contributed by atoms with Crippen molar-refractivity contribution >= 4 is 34.5 Å². The van der Waals surface area contributed by atoms with E-state index in [-0.39, 0.29) is 42.5 Å². The number of amides is 2. The average molecular weight is 621 g/mol. The number of carbonyl (C=O) groups is 3. The zero-order valence-electron chi connectivity index (χ0n) is 25.1. The van der Waals surface area contributed by atoms with Crippen molar-refractivity contribution < 1.29 is 32.6 Å². The van der Waals surface area contributed by atoms with Crippen molar-refractivity contribution in [3.8, 4) is 5.75 Å². The molecule has 3 N–H and O–H groups in total. The third-order valence-electron chi connectivity index (χ3n) is 6.52. The molecular weight excluding hydrogens is 586 g/mol. The first kappa shape index (κ1) is 32.6. The van der Waals surface area contributed by atoms with Crippen LogP contribution in [0.1, 0.15) is 51.3 Å². The summed E-state index contributed by atoms with van der Waals surface area (Å²) in [7, 11) is 0. The monoisotopic (exact) mass is 620 g/mol. The van der Waals surface area contributed by atoms with E-state index in [4.69, 9.17) is 15.2 Å². The van der Waals surface area contributed by atoms with Gasteiger partial charge in [-0.1, -0.05) is 18.2 Å². The van der Waals surface area contributed by atoms with E-state index >= 15 is 0 Å². The van der Waals surface area contributed by atoms with Crippen molar-refractivity contribution in [3.05, 3.63) is 106 Å². The maximum absolute atomic E-state index is 14.3. The van der Waals surface area contributed by atoms with Crippen molar-refractivity contribution in [2.45, 2.75) is 58.8 Å². The molecule has 2 aromatic heterocycles. The summed E-state index contributed by atoms with van der Waals surface area (Å²) in [5.41, 5.74) is 4.60. The number of fused-ring (bicyclic) bond motifs is 1. The number of primary amides is 1. The minimum atomic E-state index is -0.853. The van der Waals surface area contributed by atoms with Crippen LogP contribution >= 0.6 is 0 Å². The fourth-order valence-electron chi connectivity index (χ4n) is 4.55. The van der Waals surface area contributed by atoms with E-state index in [1.54, 1.807) is 57.2 Å². The zero-order chi connectivity index (χ0) is 32.7. The van der Waals surface area contributed by atoms with E-state index < -0.39 is 34.8 Å². The number of hydrogen-bond acceptors (Lipinski definition) is 6. The van der Waals surface area contributed by atoms with Crippen LogP contribution < -0.4 is 21.3 Å². The predicted octanol–water partition coefficient (Wildman–Crippen LogP) is 5.64. The van der Waals surface area contributed by atoms with Crippen LogP contribution in [0.3, 0.4) is 0 Å². The molecule has 0 spiro atoms. The second kappa shape index (κ2) is 14.0. The van der Waals surface area contributed by atoms with Crippen LogP contribution in [0.15, 0.2) is 77.7 Å². The predicted molar refractivity (Wildman–Crippen MR) is 165 cm³/mol. The Morgan fingerprint density at radius 2 is 1.82 bits per heavy atom. The number of nitrogens with two attached hydrogens (primary N) is 1. The molecule has 0 saturated heterocycles. The molecule has 0 bridgehead atoms. The number of ether oxygens (including phenoxy) is 2. The van der Waals surface area contributed by atoms with Gasteiger partial charge in [0.15, 0.2) is 0 Å². The lowest BCUT2D eigenvalue weighted by atomic mass is 10.2. The minimum absolute atomic E-state index is 0.0560. The molecule has 0 aliphatic rings. The molecule has 0 unspecified atom stereocenters. The number of para-hydroxylation sites is 1. The van der Waals surface area contributed by atoms with Gasteiger partial charge in [0, 0.05) is 29.6 Å². The lowest BCUT2D eigenvalue weighted by molar-refractivity contribution is -0.116. The number of benzene rings is 2. The minimum Gasteiger partial charge on any atom is -0.487 e. The molecule has 45 heavy (non-hydrogen) atoms. The van der Waals surface area contributed by atoms with Gasteiger partial charge >= 0.3 is 6.09 Å². The van der Waals surface area contributed by atoms with Gasteiger partial charge in [0.05, 0.1) is 12.2 Å². The first-order valence-electron chi connectivity index (χ1n) is 14.2. The lowest BCUT2D eigenvalue weighted by Gasteiger charge is -2.21. The van der Waals surface area contributed by atoms with Gasteiger partial charge < -0.3 is 25.1 Å². The van der Waals surface area contributed by atoms with Crippen LogP contribution in [-0.4, -0.2) is 32.6 Å². The second-order valence-electron chi connectivity index (χ2n) is 11.3. The van der Waals surface area contributed by atoms with Crippen LogP contribution in [0.5, 0.6) is 5.75 Å². The molecule has 2 aromatic carbocycles. The summed E-state index contributed by atoms with van der Waals surface area (Å²) in [6.45, 7) is 4.85. The van der Waals surface area contributed by atoms with Gasteiger partial charge in [-0.25, -0.2) is 18.1 Å². The molecule has 4 rings (SSSR count). The standard InChI is InChI=1S/C33H34F2N4O6/c1-33(2,3)45-32(43)39-24(17-21-9-7-11-27(30(21)39)44-20-22-14-15-23(34)18-25(22)35)19-38-16-8-10-26(31(38)42)37-29(41)13-6-4-5-12-28(36)40/h5,7-12,14-18H,4,6,13,19-20H2,1-3H3,(H2,36,40)(H,37,41)/b12-5+. The molecule has 12 heteroatoms. The van der Waals surface area contributed by atoms with E-state index in [0.29, 0.717) is 29.4 Å². The maximum atomic E-state index is 14.3. The molecule has 0 fully saturated rings. The number of allylic oxidation sites excluding steroid dienone is 1. The van der Waals surface area contributed by atoms with Gasteiger partial charge in [-0.15, -0.1) is 0 Å². The van der Waals surface area contributed by atoms with Gasteiger partial charge in [-0.05, 0) is 76.1 Å². The number of nitrogens with one attached hydrogen (secondary N) is 1. The Hall–Kier alpha value is -5.26. The van der Waals surface area contributed by atoms with Crippen molar-refractivity contribution in [2.24, 2.45) is 5.73 Å². The Balaban J connectivity index is 1.64. The topological polar surface area (TPSA) is 135 Å². The smallest absolute Gasteiger partial charge is 0.419 e. The maximum Gasteiger partial charge on any atom is 0.419 e. The molecule has 2 heterocycles. The van der Waals surface area contributed by atoms with E-state index in [1.165, 1.54) is 33.5 Å². The van der Waals surface area contributed by atoms with Crippen LogP contribution in [-0.2, 0) is 27.5 Å². The van der Waals surface area contributed by atoms with E-state index in [1.807, 2.05) is 0 Å². The molecule has 2 amide bonds. The summed E-state index contributed by atoms with van der Waals surface area (Å²) in [5, 5.41) is 3.21. The number of aromatic nitrogens is 2. The van der Waals surface area contributed by atoms with E-state index in [2.05, 4.69) is 5.32 Å². The van der Waals surface area contributed by atoms with Gasteiger partial charge in [0.2, 0.25) is 11.8 Å². The van der Waals surface area contributed by atoms with Gasteiger partial charge in [0.25, 0.3) is 5.56 Å². The van der Waals surface area contributed by atoms with Gasteiger partial charge in [-0.3, -0.25) is 14.4 Å². The van der Waals surface area contributed by atoms with Gasteiger partial charge in [0.1, 0.15) is 40.8 Å². The van der Waals surface area contributed by atoms with Crippen LogP contribution in [0, 0.1) is 11.6 Å². The Labute approximate surface area is 258 Å². The first-order valence-corrected chi connectivity index (χ1v) is 14.2. The number of pyridine rings is 1. The number of carbonyl (C=O) groups excluding carboxylic acids is 3. The summed E-state index contributed by atoms with van der Waals surface area (Å²) < 4.78 is 41.9. The fraction of sp³-hybridized carbons (Fsp3) is 0.273. The molecule has 4 aromatic rings. The highest BCUT2D eigenvalue weighted by atomic mass is 19.1. The molecule has 236 valence electrons. The summed E-state index contributed by atoms with van der Waals surface area (Å²) in [6, 6.07) is 13.0. The molecule has 0 saturated carbocycles. The normalized spacial score (nSPS) is 11.6. The quantitative estimate of drug-likeness (QED) is 0.165. The second-order valence-corrected chi connectivity index (χ2v) is 11.3. The van der Waals surface area contributed by atoms with Crippen LogP contribution in [0.2, 0.25) is 0 Å². The van der Waals surface area contributed by atoms with Crippen molar-refractivity contribution in [1.29, 1.82) is 0 Å². The Bertz CT molecular complexity index is 1820. The number of rotatable bonds is 11.